The van der Waals surface area contributed by atoms with Crippen LogP contribution in [-0.4, -0.2) is 31.1 Å². The van der Waals surface area contributed by atoms with Crippen LogP contribution in [-0.2, 0) is 6.54 Å². The molecule has 1 atom stereocenters. The molecule has 0 amide bonds. The van der Waals surface area contributed by atoms with Crippen molar-refractivity contribution >= 4 is 0 Å². The van der Waals surface area contributed by atoms with Crippen LogP contribution in [0.5, 0.6) is 0 Å². The molecule has 2 nitrogen and oxygen atoms in total. The molecule has 1 spiro atoms. The van der Waals surface area contributed by atoms with E-state index in [-0.39, 0.29) is 0 Å². The summed E-state index contributed by atoms with van der Waals surface area (Å²) >= 11 is 0. The van der Waals surface area contributed by atoms with Crippen LogP contribution in [0.25, 0.3) is 0 Å². The maximum atomic E-state index is 3.52. The van der Waals surface area contributed by atoms with E-state index in [0.29, 0.717) is 5.41 Å². The van der Waals surface area contributed by atoms with Gasteiger partial charge in [0.2, 0.25) is 0 Å². The second kappa shape index (κ2) is 4.43. The molecule has 2 heteroatoms. The zero-order valence-electron chi connectivity index (χ0n) is 10.7. The number of rotatable bonds is 2. The summed E-state index contributed by atoms with van der Waals surface area (Å²) in [4.78, 5) is 2.62. The molecule has 1 N–H and O–H groups in total. The van der Waals surface area contributed by atoms with Crippen LogP contribution in [0.15, 0.2) is 24.3 Å². The molecular formula is C15H22N2. The van der Waals surface area contributed by atoms with E-state index in [1.54, 1.807) is 0 Å². The molecule has 2 saturated heterocycles. The predicted octanol–water partition coefficient (Wildman–Crippen LogP) is 2.18. The SMILES string of the molecule is Cc1ccc(CN2CCC3(CCNC3)C2)cc1. The second-order valence-electron chi connectivity index (χ2n) is 5.87. The summed E-state index contributed by atoms with van der Waals surface area (Å²) < 4.78 is 0. The fourth-order valence-electron chi connectivity index (χ4n) is 3.26. The third-order valence-electron chi connectivity index (χ3n) is 4.38. The number of hydrogen-bond donors (Lipinski definition) is 1. The normalized spacial score (nSPS) is 29.2. The quantitative estimate of drug-likeness (QED) is 0.838. The minimum atomic E-state index is 0.602. The molecule has 0 radical (unpaired) electrons. The highest BCUT2D eigenvalue weighted by atomic mass is 15.2. The first-order valence-electron chi connectivity index (χ1n) is 6.74. The fourth-order valence-corrected chi connectivity index (χ4v) is 3.26. The van der Waals surface area contributed by atoms with Crippen molar-refractivity contribution in [2.45, 2.75) is 26.3 Å². The molecule has 2 aliphatic heterocycles. The summed E-state index contributed by atoms with van der Waals surface area (Å²) in [5.74, 6) is 0. The molecule has 92 valence electrons. The molecule has 0 aliphatic carbocycles. The number of nitrogens with one attached hydrogen (secondary N) is 1. The molecule has 2 heterocycles. The Morgan fingerprint density at radius 1 is 1.24 bits per heavy atom. The highest BCUT2D eigenvalue weighted by Gasteiger charge is 2.39. The first kappa shape index (κ1) is 11.2. The lowest BCUT2D eigenvalue weighted by Crippen LogP contribution is -2.28. The van der Waals surface area contributed by atoms with Gasteiger partial charge in [-0.05, 0) is 43.8 Å². The standard InChI is InChI=1S/C15H22N2/c1-13-2-4-14(5-3-13)10-17-9-7-15(12-17)6-8-16-11-15/h2-5,16H,6-12H2,1H3. The van der Waals surface area contributed by atoms with E-state index >= 15 is 0 Å². The van der Waals surface area contributed by atoms with E-state index in [1.165, 1.54) is 50.1 Å². The Labute approximate surface area is 104 Å². The summed E-state index contributed by atoms with van der Waals surface area (Å²) in [7, 11) is 0. The molecule has 2 fully saturated rings. The maximum Gasteiger partial charge on any atom is 0.0233 e. The van der Waals surface area contributed by atoms with Gasteiger partial charge in [-0.2, -0.15) is 0 Å². The van der Waals surface area contributed by atoms with Gasteiger partial charge in [0, 0.05) is 19.6 Å². The average Bonchev–Trinajstić information content (AvgIpc) is 2.94. The van der Waals surface area contributed by atoms with Crippen LogP contribution in [0.3, 0.4) is 0 Å². The van der Waals surface area contributed by atoms with Gasteiger partial charge >= 0.3 is 0 Å². The molecule has 17 heavy (non-hydrogen) atoms. The van der Waals surface area contributed by atoms with Crippen molar-refractivity contribution in [1.29, 1.82) is 0 Å². The van der Waals surface area contributed by atoms with Crippen molar-refractivity contribution in [1.82, 2.24) is 10.2 Å². The molecule has 3 rings (SSSR count). The Kier molecular flexibility index (Phi) is 2.93. The van der Waals surface area contributed by atoms with Crippen molar-refractivity contribution in [2.24, 2.45) is 5.41 Å². The van der Waals surface area contributed by atoms with Gasteiger partial charge in [0.05, 0.1) is 0 Å². The van der Waals surface area contributed by atoms with Gasteiger partial charge in [0.1, 0.15) is 0 Å². The van der Waals surface area contributed by atoms with E-state index in [0.717, 1.165) is 6.54 Å². The Hall–Kier alpha value is -0.860. The zero-order chi connectivity index (χ0) is 11.7. The van der Waals surface area contributed by atoms with Gasteiger partial charge in [-0.25, -0.2) is 0 Å². The van der Waals surface area contributed by atoms with Crippen LogP contribution in [0.2, 0.25) is 0 Å². The lowest BCUT2D eigenvalue weighted by molar-refractivity contribution is 0.268. The van der Waals surface area contributed by atoms with Gasteiger partial charge in [-0.1, -0.05) is 29.8 Å². The summed E-state index contributed by atoms with van der Waals surface area (Å²) in [6, 6.07) is 8.98. The van der Waals surface area contributed by atoms with Gasteiger partial charge in [-0.15, -0.1) is 0 Å². The number of benzene rings is 1. The van der Waals surface area contributed by atoms with E-state index in [2.05, 4.69) is 41.4 Å². The topological polar surface area (TPSA) is 15.3 Å². The second-order valence-corrected chi connectivity index (χ2v) is 5.87. The monoisotopic (exact) mass is 230 g/mol. The van der Waals surface area contributed by atoms with Crippen molar-refractivity contribution in [2.75, 3.05) is 26.2 Å². The Balaban J connectivity index is 1.62. The Bertz CT molecular complexity index is 376. The number of likely N-dealkylation sites (tertiary alicyclic amines) is 1. The zero-order valence-corrected chi connectivity index (χ0v) is 10.7. The van der Waals surface area contributed by atoms with Crippen LogP contribution in [0, 0.1) is 12.3 Å². The molecule has 0 saturated carbocycles. The Morgan fingerprint density at radius 3 is 2.76 bits per heavy atom. The summed E-state index contributed by atoms with van der Waals surface area (Å²) in [6.45, 7) is 8.29. The largest absolute Gasteiger partial charge is 0.316 e. The smallest absolute Gasteiger partial charge is 0.0233 e. The van der Waals surface area contributed by atoms with Crippen LogP contribution in [0.1, 0.15) is 24.0 Å². The third-order valence-corrected chi connectivity index (χ3v) is 4.38. The van der Waals surface area contributed by atoms with Crippen molar-refractivity contribution < 1.29 is 0 Å². The van der Waals surface area contributed by atoms with Gasteiger partial charge in [-0.3, -0.25) is 4.90 Å². The van der Waals surface area contributed by atoms with Crippen LogP contribution >= 0.6 is 0 Å². The first-order valence-corrected chi connectivity index (χ1v) is 6.74. The predicted molar refractivity (Wildman–Crippen MR) is 71.0 cm³/mol. The minimum Gasteiger partial charge on any atom is -0.316 e. The molecule has 2 aliphatic rings. The minimum absolute atomic E-state index is 0.602. The molecule has 1 aromatic rings. The van der Waals surface area contributed by atoms with E-state index in [9.17, 15) is 0 Å². The Morgan fingerprint density at radius 2 is 2.06 bits per heavy atom. The highest BCUT2D eigenvalue weighted by molar-refractivity contribution is 5.21. The van der Waals surface area contributed by atoms with E-state index < -0.39 is 0 Å². The van der Waals surface area contributed by atoms with Crippen molar-refractivity contribution in [3.05, 3.63) is 35.4 Å². The lowest BCUT2D eigenvalue weighted by Gasteiger charge is -2.22. The van der Waals surface area contributed by atoms with Gasteiger partial charge in [0.15, 0.2) is 0 Å². The summed E-state index contributed by atoms with van der Waals surface area (Å²) in [5.41, 5.74) is 3.41. The van der Waals surface area contributed by atoms with E-state index in [4.69, 9.17) is 0 Å². The summed E-state index contributed by atoms with van der Waals surface area (Å²) in [5, 5.41) is 3.52. The van der Waals surface area contributed by atoms with E-state index in [1.807, 2.05) is 0 Å². The van der Waals surface area contributed by atoms with Crippen LogP contribution in [0.4, 0.5) is 0 Å². The highest BCUT2D eigenvalue weighted by Crippen LogP contribution is 2.36. The average molecular weight is 230 g/mol. The van der Waals surface area contributed by atoms with Gasteiger partial charge < -0.3 is 5.32 Å². The molecule has 0 bridgehead atoms. The van der Waals surface area contributed by atoms with Crippen LogP contribution < -0.4 is 5.32 Å². The number of aryl methyl sites for hydroxylation is 1. The first-order chi connectivity index (χ1) is 8.26. The van der Waals surface area contributed by atoms with Crippen molar-refractivity contribution in [3.8, 4) is 0 Å². The molecule has 0 aromatic heterocycles. The molecule has 1 aromatic carbocycles. The van der Waals surface area contributed by atoms with Crippen molar-refractivity contribution in [3.63, 3.8) is 0 Å². The lowest BCUT2D eigenvalue weighted by atomic mass is 9.86. The summed E-state index contributed by atoms with van der Waals surface area (Å²) in [6.07, 6.45) is 2.75. The molecule has 1 unspecified atom stereocenters. The molecular weight excluding hydrogens is 208 g/mol. The maximum absolute atomic E-state index is 3.52. The fraction of sp³-hybridized carbons (Fsp3) is 0.600. The van der Waals surface area contributed by atoms with Gasteiger partial charge in [0.25, 0.3) is 0 Å². The third kappa shape index (κ3) is 2.38. The number of nitrogens with zero attached hydrogens (tertiary/aromatic N) is 1. The number of hydrogen-bond acceptors (Lipinski definition) is 2.